The predicted octanol–water partition coefficient (Wildman–Crippen LogP) is 6.15. The third-order valence-corrected chi connectivity index (χ3v) is 5.37. The summed E-state index contributed by atoms with van der Waals surface area (Å²) >= 11 is 0. The first kappa shape index (κ1) is 25.4. The average molecular weight is 499 g/mol. The van der Waals surface area contributed by atoms with Gasteiger partial charge in [0.1, 0.15) is 24.8 Å². The molecule has 37 heavy (non-hydrogen) atoms. The molecule has 0 aliphatic carbocycles. The van der Waals surface area contributed by atoms with Gasteiger partial charge in [0.2, 0.25) is 0 Å². The molecule has 0 aliphatic rings. The number of carbonyl (C=O) groups is 1. The molecule has 0 atom stereocenters. The average Bonchev–Trinajstić information content (AvgIpc) is 2.93. The molecule has 1 amide bonds. The van der Waals surface area contributed by atoms with Crippen molar-refractivity contribution in [2.75, 3.05) is 6.61 Å². The molecular formula is C30H27FN2O4. The number of para-hydroxylation sites is 1. The minimum atomic E-state index is -0.406. The van der Waals surface area contributed by atoms with Gasteiger partial charge in [-0.15, -0.1) is 0 Å². The second-order valence-corrected chi connectivity index (χ2v) is 7.99. The maximum atomic E-state index is 13.9. The number of nitrogens with one attached hydrogen (secondary N) is 1. The first-order chi connectivity index (χ1) is 18.1. The Bertz CT molecular complexity index is 1360. The van der Waals surface area contributed by atoms with Crippen molar-refractivity contribution in [2.45, 2.75) is 20.1 Å². The summed E-state index contributed by atoms with van der Waals surface area (Å²) in [4.78, 5) is 12.7. The van der Waals surface area contributed by atoms with Crippen molar-refractivity contribution in [1.29, 1.82) is 0 Å². The molecule has 4 aromatic rings. The van der Waals surface area contributed by atoms with Crippen LogP contribution in [-0.4, -0.2) is 18.7 Å². The zero-order valence-electron chi connectivity index (χ0n) is 20.4. The van der Waals surface area contributed by atoms with Gasteiger partial charge in [0, 0.05) is 16.7 Å². The largest absolute Gasteiger partial charge is 0.490 e. The van der Waals surface area contributed by atoms with Crippen molar-refractivity contribution in [1.82, 2.24) is 5.43 Å². The minimum absolute atomic E-state index is 0.0722. The molecule has 188 valence electrons. The Balaban J connectivity index is 1.39. The Morgan fingerprint density at radius 2 is 1.54 bits per heavy atom. The first-order valence-corrected chi connectivity index (χ1v) is 11.9. The van der Waals surface area contributed by atoms with Gasteiger partial charge in [0.15, 0.2) is 11.5 Å². The van der Waals surface area contributed by atoms with E-state index < -0.39 is 5.91 Å². The molecule has 0 fully saturated rings. The van der Waals surface area contributed by atoms with E-state index in [1.807, 2.05) is 49.4 Å². The monoisotopic (exact) mass is 498 g/mol. The van der Waals surface area contributed by atoms with E-state index in [1.165, 1.54) is 12.3 Å². The molecule has 0 unspecified atom stereocenters. The van der Waals surface area contributed by atoms with Crippen molar-refractivity contribution in [3.63, 3.8) is 0 Å². The standard InChI is InChI=1S/C30H27FN2O4/c1-2-35-29-18-23(16-17-28(29)36-20-22-10-4-3-5-11-22)30(34)33-32-19-24-12-7-9-15-27(24)37-21-25-13-6-8-14-26(25)31/h3-19H,2,20-21H2,1H3,(H,33,34)/b32-19+. The predicted molar refractivity (Wildman–Crippen MR) is 141 cm³/mol. The summed E-state index contributed by atoms with van der Waals surface area (Å²) in [5, 5.41) is 4.07. The number of benzene rings is 4. The van der Waals surface area contributed by atoms with Crippen LogP contribution in [0, 0.1) is 5.82 Å². The number of amides is 1. The van der Waals surface area contributed by atoms with Gasteiger partial charge in [-0.2, -0.15) is 5.10 Å². The fourth-order valence-corrected chi connectivity index (χ4v) is 3.49. The summed E-state index contributed by atoms with van der Waals surface area (Å²) < 4.78 is 31.3. The SMILES string of the molecule is CCOc1cc(C(=O)N/N=C/c2ccccc2OCc2ccccc2F)ccc1OCc1ccccc1. The van der Waals surface area contributed by atoms with Gasteiger partial charge in [0.05, 0.1) is 12.8 Å². The number of rotatable bonds is 11. The lowest BCUT2D eigenvalue weighted by molar-refractivity contribution is 0.0954. The Hall–Kier alpha value is -4.65. The van der Waals surface area contributed by atoms with Crippen LogP contribution in [0.25, 0.3) is 0 Å². The second-order valence-electron chi connectivity index (χ2n) is 7.99. The molecule has 0 saturated carbocycles. The zero-order chi connectivity index (χ0) is 25.9. The molecule has 0 radical (unpaired) electrons. The van der Waals surface area contributed by atoms with E-state index in [9.17, 15) is 9.18 Å². The third-order valence-electron chi connectivity index (χ3n) is 5.37. The number of hydrogen-bond acceptors (Lipinski definition) is 5. The van der Waals surface area contributed by atoms with Gasteiger partial charge in [-0.05, 0) is 48.9 Å². The molecule has 0 heterocycles. The van der Waals surface area contributed by atoms with Crippen LogP contribution in [0.2, 0.25) is 0 Å². The number of halogens is 1. The lowest BCUT2D eigenvalue weighted by atomic mass is 10.2. The molecule has 0 spiro atoms. The first-order valence-electron chi connectivity index (χ1n) is 11.9. The maximum absolute atomic E-state index is 13.9. The molecule has 7 heteroatoms. The quantitative estimate of drug-likeness (QED) is 0.199. The highest BCUT2D eigenvalue weighted by Crippen LogP contribution is 2.29. The van der Waals surface area contributed by atoms with Crippen LogP contribution in [0.5, 0.6) is 17.2 Å². The molecule has 4 rings (SSSR count). The summed E-state index contributed by atoms with van der Waals surface area (Å²) in [5.41, 5.74) is 5.01. The lowest BCUT2D eigenvalue weighted by Crippen LogP contribution is -2.18. The molecule has 0 aliphatic heterocycles. The van der Waals surface area contributed by atoms with Crippen molar-refractivity contribution >= 4 is 12.1 Å². The van der Waals surface area contributed by atoms with E-state index >= 15 is 0 Å². The van der Waals surface area contributed by atoms with Crippen molar-refractivity contribution in [3.8, 4) is 17.2 Å². The Morgan fingerprint density at radius 1 is 0.811 bits per heavy atom. The van der Waals surface area contributed by atoms with Crippen LogP contribution in [0.1, 0.15) is 34.0 Å². The van der Waals surface area contributed by atoms with E-state index in [2.05, 4.69) is 10.5 Å². The van der Waals surface area contributed by atoms with Crippen molar-refractivity contribution in [2.24, 2.45) is 5.10 Å². The molecule has 0 saturated heterocycles. The second kappa shape index (κ2) is 12.9. The molecule has 0 bridgehead atoms. The molecule has 4 aromatic carbocycles. The molecular weight excluding hydrogens is 471 g/mol. The number of hydrogen-bond donors (Lipinski definition) is 1. The van der Waals surface area contributed by atoms with E-state index in [4.69, 9.17) is 14.2 Å². The van der Waals surface area contributed by atoms with Gasteiger partial charge in [-0.25, -0.2) is 9.82 Å². The van der Waals surface area contributed by atoms with E-state index in [0.29, 0.717) is 47.2 Å². The highest BCUT2D eigenvalue weighted by Gasteiger charge is 2.12. The van der Waals surface area contributed by atoms with Crippen LogP contribution in [0.3, 0.4) is 0 Å². The summed E-state index contributed by atoms with van der Waals surface area (Å²) in [6.07, 6.45) is 1.48. The highest BCUT2D eigenvalue weighted by molar-refractivity contribution is 5.95. The van der Waals surface area contributed by atoms with Gasteiger partial charge in [0.25, 0.3) is 5.91 Å². The Morgan fingerprint density at radius 3 is 2.35 bits per heavy atom. The Kier molecular flexibility index (Phi) is 8.86. The minimum Gasteiger partial charge on any atom is -0.490 e. The van der Waals surface area contributed by atoms with Gasteiger partial charge in [-0.3, -0.25) is 4.79 Å². The topological polar surface area (TPSA) is 69.2 Å². The fraction of sp³-hybridized carbons (Fsp3) is 0.133. The molecule has 1 N–H and O–H groups in total. The number of nitrogens with zero attached hydrogens (tertiary/aromatic N) is 1. The molecule has 0 aromatic heterocycles. The maximum Gasteiger partial charge on any atom is 0.271 e. The molecule has 6 nitrogen and oxygen atoms in total. The lowest BCUT2D eigenvalue weighted by Gasteiger charge is -2.13. The van der Waals surface area contributed by atoms with Crippen LogP contribution in [0.15, 0.2) is 102 Å². The van der Waals surface area contributed by atoms with Gasteiger partial charge < -0.3 is 14.2 Å². The summed E-state index contributed by atoms with van der Waals surface area (Å²) in [5.74, 6) is 0.802. The summed E-state index contributed by atoms with van der Waals surface area (Å²) in [6, 6.07) is 28.4. The van der Waals surface area contributed by atoms with Crippen LogP contribution >= 0.6 is 0 Å². The number of hydrazone groups is 1. The van der Waals surface area contributed by atoms with Gasteiger partial charge in [-0.1, -0.05) is 60.7 Å². The van der Waals surface area contributed by atoms with Crippen LogP contribution < -0.4 is 19.6 Å². The Labute approximate surface area is 215 Å². The van der Waals surface area contributed by atoms with Gasteiger partial charge >= 0.3 is 0 Å². The van der Waals surface area contributed by atoms with E-state index in [-0.39, 0.29) is 12.4 Å². The number of carbonyl (C=O) groups excluding carboxylic acids is 1. The smallest absolute Gasteiger partial charge is 0.271 e. The normalized spacial score (nSPS) is 10.8. The number of ether oxygens (including phenoxy) is 3. The summed E-state index contributed by atoms with van der Waals surface area (Å²) in [6.45, 7) is 2.75. The zero-order valence-corrected chi connectivity index (χ0v) is 20.4. The van der Waals surface area contributed by atoms with Crippen molar-refractivity contribution < 1.29 is 23.4 Å². The van der Waals surface area contributed by atoms with E-state index in [1.54, 1.807) is 48.5 Å². The van der Waals surface area contributed by atoms with E-state index in [0.717, 1.165) is 5.56 Å². The highest BCUT2D eigenvalue weighted by atomic mass is 19.1. The summed E-state index contributed by atoms with van der Waals surface area (Å²) in [7, 11) is 0. The van der Waals surface area contributed by atoms with Crippen LogP contribution in [-0.2, 0) is 13.2 Å². The fourth-order valence-electron chi connectivity index (χ4n) is 3.49. The third kappa shape index (κ3) is 7.18. The van der Waals surface area contributed by atoms with Crippen molar-refractivity contribution in [3.05, 3.63) is 125 Å². The van der Waals surface area contributed by atoms with Crippen LogP contribution in [0.4, 0.5) is 4.39 Å².